The Morgan fingerprint density at radius 3 is 2.81 bits per heavy atom. The molecule has 5 nitrogen and oxygen atoms in total. The number of nitrogens with zero attached hydrogens (tertiary/aromatic N) is 2. The van der Waals surface area contributed by atoms with E-state index in [4.69, 9.17) is 14.2 Å². The van der Waals surface area contributed by atoms with Gasteiger partial charge in [-0.1, -0.05) is 29.8 Å². The van der Waals surface area contributed by atoms with Gasteiger partial charge < -0.3 is 14.2 Å². The average Bonchev–Trinajstić information content (AvgIpc) is 3.35. The number of rotatable bonds is 4. The van der Waals surface area contributed by atoms with Crippen LogP contribution < -0.4 is 14.2 Å². The molecule has 3 aromatic rings. The van der Waals surface area contributed by atoms with Crippen molar-refractivity contribution in [3.8, 4) is 34.6 Å². The molecule has 6 heteroatoms. The number of fused-ring (bicyclic) bond motifs is 1. The Kier molecular flexibility index (Phi) is 4.53. The number of hydrogen-bond acceptors (Lipinski definition) is 6. The van der Waals surface area contributed by atoms with E-state index in [9.17, 15) is 5.26 Å². The monoisotopic (exact) mass is 376 g/mol. The lowest BCUT2D eigenvalue weighted by molar-refractivity contribution is 0.171. The molecule has 1 aliphatic heterocycles. The molecule has 0 N–H and O–H groups in total. The molecule has 0 saturated heterocycles. The number of nitriles is 1. The van der Waals surface area contributed by atoms with E-state index in [2.05, 4.69) is 11.1 Å². The predicted octanol–water partition coefficient (Wildman–Crippen LogP) is 4.92. The number of methoxy groups -OCH3 is 1. The highest BCUT2D eigenvalue weighted by Gasteiger charge is 2.20. The molecule has 0 unspecified atom stereocenters. The Morgan fingerprint density at radius 2 is 2.07 bits per heavy atom. The zero-order valence-corrected chi connectivity index (χ0v) is 15.7. The second kappa shape index (κ2) is 7.14. The first kappa shape index (κ1) is 17.1. The highest BCUT2D eigenvalue weighted by molar-refractivity contribution is 7.11. The van der Waals surface area contributed by atoms with Crippen molar-refractivity contribution in [3.63, 3.8) is 0 Å². The lowest BCUT2D eigenvalue weighted by Gasteiger charge is -2.06. The number of benzene rings is 2. The topological polar surface area (TPSA) is 64.4 Å². The molecule has 0 atom stereocenters. The van der Waals surface area contributed by atoms with Gasteiger partial charge in [-0.25, -0.2) is 4.98 Å². The number of aryl methyl sites for hydroxylation is 1. The third-order valence-electron chi connectivity index (χ3n) is 4.19. The smallest absolute Gasteiger partial charge is 0.231 e. The quantitative estimate of drug-likeness (QED) is 0.605. The molecule has 2 heterocycles. The summed E-state index contributed by atoms with van der Waals surface area (Å²) in [7, 11) is 1.57. The Morgan fingerprint density at radius 1 is 1.26 bits per heavy atom. The highest BCUT2D eigenvalue weighted by Crippen LogP contribution is 2.42. The summed E-state index contributed by atoms with van der Waals surface area (Å²) in [5.41, 5.74) is 4.37. The predicted molar refractivity (Wildman–Crippen MR) is 105 cm³/mol. The number of thiazole rings is 1. The summed E-state index contributed by atoms with van der Waals surface area (Å²) in [6.07, 6.45) is 1.78. The minimum atomic E-state index is 0.163. The first-order chi connectivity index (χ1) is 13.2. The van der Waals surface area contributed by atoms with Crippen LogP contribution in [0.4, 0.5) is 0 Å². The highest BCUT2D eigenvalue weighted by atomic mass is 32.1. The van der Waals surface area contributed by atoms with E-state index >= 15 is 0 Å². The molecule has 0 aliphatic carbocycles. The molecule has 134 valence electrons. The molecule has 4 rings (SSSR count). The summed E-state index contributed by atoms with van der Waals surface area (Å²) in [6, 6.07) is 14.1. The second-order valence-electron chi connectivity index (χ2n) is 6.03. The lowest BCUT2D eigenvalue weighted by atomic mass is 10.1. The zero-order valence-electron chi connectivity index (χ0n) is 14.9. The van der Waals surface area contributed by atoms with Crippen molar-refractivity contribution in [2.75, 3.05) is 13.9 Å². The molecular formula is C21H16N2O3S. The average molecular weight is 376 g/mol. The van der Waals surface area contributed by atoms with Crippen LogP contribution in [0.15, 0.2) is 41.8 Å². The lowest BCUT2D eigenvalue weighted by Crippen LogP contribution is -1.93. The maximum Gasteiger partial charge on any atom is 0.231 e. The van der Waals surface area contributed by atoms with Gasteiger partial charge in [0.05, 0.1) is 18.4 Å². The SMILES string of the molecule is COc1cc(/C=C(\C#N)c2nc(-c3ccc(C)cc3)cs2)cc2c1OCO2. The van der Waals surface area contributed by atoms with Crippen molar-refractivity contribution >= 4 is 23.0 Å². The van der Waals surface area contributed by atoms with Crippen molar-refractivity contribution in [1.82, 2.24) is 4.98 Å². The van der Waals surface area contributed by atoms with E-state index in [1.807, 2.05) is 48.7 Å². The summed E-state index contributed by atoms with van der Waals surface area (Å²) in [4.78, 5) is 4.63. The number of ether oxygens (including phenoxy) is 3. The van der Waals surface area contributed by atoms with Crippen LogP contribution in [0.1, 0.15) is 16.1 Å². The molecule has 0 fully saturated rings. The van der Waals surface area contributed by atoms with Gasteiger partial charge in [0.25, 0.3) is 0 Å². The van der Waals surface area contributed by atoms with Crippen LogP contribution in [-0.4, -0.2) is 18.9 Å². The van der Waals surface area contributed by atoms with Crippen LogP contribution in [0.2, 0.25) is 0 Å². The fourth-order valence-corrected chi connectivity index (χ4v) is 3.59. The minimum Gasteiger partial charge on any atom is -0.493 e. The molecule has 0 radical (unpaired) electrons. The normalized spacial score (nSPS) is 12.7. The zero-order chi connectivity index (χ0) is 18.8. The molecule has 27 heavy (non-hydrogen) atoms. The Hall–Kier alpha value is -3.30. The third-order valence-corrected chi connectivity index (χ3v) is 5.07. The summed E-state index contributed by atoms with van der Waals surface area (Å²) in [5, 5.41) is 12.3. The van der Waals surface area contributed by atoms with Gasteiger partial charge in [0.15, 0.2) is 11.5 Å². The van der Waals surface area contributed by atoms with Gasteiger partial charge in [-0.2, -0.15) is 5.26 Å². The maximum atomic E-state index is 9.64. The minimum absolute atomic E-state index is 0.163. The van der Waals surface area contributed by atoms with E-state index in [1.165, 1.54) is 16.9 Å². The van der Waals surface area contributed by atoms with Gasteiger partial charge in [0, 0.05) is 10.9 Å². The van der Waals surface area contributed by atoms with Gasteiger partial charge in [-0.15, -0.1) is 11.3 Å². The molecule has 0 spiro atoms. The van der Waals surface area contributed by atoms with Crippen molar-refractivity contribution in [3.05, 3.63) is 57.9 Å². The maximum absolute atomic E-state index is 9.64. The Balaban J connectivity index is 1.69. The molecule has 2 aromatic carbocycles. The molecule has 0 bridgehead atoms. The number of allylic oxidation sites excluding steroid dienone is 1. The molecular weight excluding hydrogens is 360 g/mol. The Labute approximate surface area is 161 Å². The van der Waals surface area contributed by atoms with Crippen molar-refractivity contribution in [2.45, 2.75) is 6.92 Å². The van der Waals surface area contributed by atoms with E-state index in [1.54, 1.807) is 13.2 Å². The van der Waals surface area contributed by atoms with Crippen LogP contribution >= 0.6 is 11.3 Å². The first-order valence-electron chi connectivity index (χ1n) is 8.30. The van der Waals surface area contributed by atoms with Gasteiger partial charge in [-0.3, -0.25) is 0 Å². The largest absolute Gasteiger partial charge is 0.493 e. The van der Waals surface area contributed by atoms with Crippen molar-refractivity contribution in [1.29, 1.82) is 5.26 Å². The fraction of sp³-hybridized carbons (Fsp3) is 0.143. The van der Waals surface area contributed by atoms with Crippen LogP contribution in [0.25, 0.3) is 22.9 Å². The van der Waals surface area contributed by atoms with E-state index in [0.29, 0.717) is 27.8 Å². The second-order valence-corrected chi connectivity index (χ2v) is 6.89. The number of aromatic nitrogens is 1. The van der Waals surface area contributed by atoms with Crippen molar-refractivity contribution in [2.24, 2.45) is 0 Å². The first-order valence-corrected chi connectivity index (χ1v) is 9.18. The van der Waals surface area contributed by atoms with Gasteiger partial charge >= 0.3 is 0 Å². The molecule has 0 saturated carbocycles. The number of hydrogen-bond donors (Lipinski definition) is 0. The summed E-state index contributed by atoms with van der Waals surface area (Å²) < 4.78 is 16.2. The van der Waals surface area contributed by atoms with Gasteiger partial charge in [-0.05, 0) is 30.7 Å². The summed E-state index contributed by atoms with van der Waals surface area (Å²) in [5.74, 6) is 1.77. The summed E-state index contributed by atoms with van der Waals surface area (Å²) in [6.45, 7) is 2.21. The van der Waals surface area contributed by atoms with E-state index in [-0.39, 0.29) is 6.79 Å². The van der Waals surface area contributed by atoms with Crippen LogP contribution in [0.5, 0.6) is 17.2 Å². The molecule has 1 aromatic heterocycles. The standard InChI is InChI=1S/C21H16N2O3S/c1-13-3-5-15(6-4-13)17-11-27-21(23-17)16(10-22)7-14-8-18(24-2)20-19(9-14)25-12-26-20/h3-9,11H,12H2,1-2H3/b16-7+. The van der Waals surface area contributed by atoms with E-state index in [0.717, 1.165) is 16.8 Å². The van der Waals surface area contributed by atoms with Crippen LogP contribution in [0.3, 0.4) is 0 Å². The van der Waals surface area contributed by atoms with Gasteiger partial charge in [0.1, 0.15) is 11.1 Å². The van der Waals surface area contributed by atoms with Crippen LogP contribution in [-0.2, 0) is 0 Å². The molecule has 1 aliphatic rings. The molecule has 0 amide bonds. The Bertz CT molecular complexity index is 1060. The van der Waals surface area contributed by atoms with E-state index < -0.39 is 0 Å². The van der Waals surface area contributed by atoms with Gasteiger partial charge in [0.2, 0.25) is 12.5 Å². The van der Waals surface area contributed by atoms with Crippen LogP contribution in [0, 0.1) is 18.3 Å². The van der Waals surface area contributed by atoms with Crippen molar-refractivity contribution < 1.29 is 14.2 Å². The fourth-order valence-electron chi connectivity index (χ4n) is 2.80. The third kappa shape index (κ3) is 3.37. The summed E-state index contributed by atoms with van der Waals surface area (Å²) >= 11 is 1.45.